The summed E-state index contributed by atoms with van der Waals surface area (Å²) < 4.78 is 13.4. The summed E-state index contributed by atoms with van der Waals surface area (Å²) in [4.78, 5) is 15.7. The van der Waals surface area contributed by atoms with E-state index in [0.717, 1.165) is 6.20 Å². The van der Waals surface area contributed by atoms with Crippen molar-refractivity contribution in [3.8, 4) is 0 Å². The molecule has 0 radical (unpaired) electrons. The van der Waals surface area contributed by atoms with Crippen LogP contribution in [0.25, 0.3) is 0 Å². The minimum absolute atomic E-state index is 0.0901. The van der Waals surface area contributed by atoms with Crippen LogP contribution in [0.1, 0.15) is 15.9 Å². The Kier molecular flexibility index (Phi) is 3.82. The first-order chi connectivity index (χ1) is 9.09. The molecule has 0 atom stereocenters. The average molecular weight is 275 g/mol. The van der Waals surface area contributed by atoms with Gasteiger partial charge in [-0.1, -0.05) is 24.4 Å². The van der Waals surface area contributed by atoms with Crippen LogP contribution in [0.3, 0.4) is 0 Å². The van der Waals surface area contributed by atoms with E-state index >= 15 is 0 Å². The van der Waals surface area contributed by atoms with Gasteiger partial charge in [-0.05, 0) is 18.2 Å². The van der Waals surface area contributed by atoms with Gasteiger partial charge in [-0.15, -0.1) is 0 Å². The second kappa shape index (κ2) is 5.53. The third kappa shape index (κ3) is 2.92. The Hall–Kier alpha value is -2.34. The minimum Gasteiger partial charge on any atom is -0.389 e. The number of carbonyl (C=O) groups excluding carboxylic acids is 1. The molecule has 1 heterocycles. The summed E-state index contributed by atoms with van der Waals surface area (Å²) in [5.41, 5.74) is 6.43. The molecule has 0 aliphatic carbocycles. The van der Waals surface area contributed by atoms with E-state index in [1.807, 2.05) is 0 Å². The van der Waals surface area contributed by atoms with E-state index in [4.69, 9.17) is 18.0 Å². The molecule has 0 saturated carbocycles. The van der Waals surface area contributed by atoms with E-state index in [2.05, 4.69) is 10.3 Å². The second-order valence-corrected chi connectivity index (χ2v) is 4.16. The average Bonchev–Trinajstić information content (AvgIpc) is 2.39. The highest BCUT2D eigenvalue weighted by Gasteiger charge is 2.13. The smallest absolute Gasteiger partial charge is 0.258 e. The minimum atomic E-state index is -0.687. The number of rotatable bonds is 3. The number of aromatic nitrogens is 1. The Morgan fingerprint density at radius 2 is 2.00 bits per heavy atom. The van der Waals surface area contributed by atoms with Crippen molar-refractivity contribution in [2.24, 2.45) is 5.73 Å². The van der Waals surface area contributed by atoms with Crippen LogP contribution < -0.4 is 11.1 Å². The molecule has 0 aliphatic heterocycles. The summed E-state index contributed by atoms with van der Waals surface area (Å²) in [6, 6.07) is 8.10. The first-order valence-corrected chi connectivity index (χ1v) is 5.80. The van der Waals surface area contributed by atoms with Gasteiger partial charge in [-0.25, -0.2) is 4.39 Å². The van der Waals surface area contributed by atoms with Gasteiger partial charge in [0, 0.05) is 11.8 Å². The Morgan fingerprint density at radius 1 is 1.26 bits per heavy atom. The van der Waals surface area contributed by atoms with Crippen molar-refractivity contribution in [2.75, 3.05) is 5.32 Å². The Bertz CT molecular complexity index is 645. The summed E-state index contributed by atoms with van der Waals surface area (Å²) in [6.45, 7) is 0. The summed E-state index contributed by atoms with van der Waals surface area (Å²) in [5.74, 6) is -1.27. The van der Waals surface area contributed by atoms with Crippen molar-refractivity contribution in [3.63, 3.8) is 0 Å². The summed E-state index contributed by atoms with van der Waals surface area (Å²) >= 11 is 4.89. The number of para-hydroxylation sites is 1. The van der Waals surface area contributed by atoms with Gasteiger partial charge in [0.2, 0.25) is 0 Å². The van der Waals surface area contributed by atoms with Crippen molar-refractivity contribution < 1.29 is 9.18 Å². The molecule has 96 valence electrons. The Labute approximate surface area is 114 Å². The van der Waals surface area contributed by atoms with Crippen molar-refractivity contribution >= 4 is 28.8 Å². The molecule has 6 heteroatoms. The number of thiocarbonyl (C=S) groups is 1. The SMILES string of the molecule is NC(=S)c1ccccc1NC(=O)c1ccncc1F. The largest absolute Gasteiger partial charge is 0.389 e. The number of pyridine rings is 1. The maximum absolute atomic E-state index is 13.4. The van der Waals surface area contributed by atoms with Gasteiger partial charge in [-0.3, -0.25) is 9.78 Å². The molecule has 2 aromatic rings. The number of nitrogens with two attached hydrogens (primary N) is 1. The van der Waals surface area contributed by atoms with Gasteiger partial charge >= 0.3 is 0 Å². The van der Waals surface area contributed by atoms with Crippen molar-refractivity contribution in [1.29, 1.82) is 0 Å². The lowest BCUT2D eigenvalue weighted by atomic mass is 10.1. The van der Waals surface area contributed by atoms with E-state index in [-0.39, 0.29) is 10.6 Å². The number of halogens is 1. The molecular weight excluding hydrogens is 265 g/mol. The van der Waals surface area contributed by atoms with Crippen LogP contribution in [0, 0.1) is 5.82 Å². The van der Waals surface area contributed by atoms with Crippen LogP contribution in [0.4, 0.5) is 10.1 Å². The van der Waals surface area contributed by atoms with Gasteiger partial charge < -0.3 is 11.1 Å². The van der Waals surface area contributed by atoms with Crippen molar-refractivity contribution in [2.45, 2.75) is 0 Å². The lowest BCUT2D eigenvalue weighted by molar-refractivity contribution is 0.102. The van der Waals surface area contributed by atoms with Crippen LogP contribution in [0.15, 0.2) is 42.7 Å². The Morgan fingerprint density at radius 3 is 2.68 bits per heavy atom. The van der Waals surface area contributed by atoms with E-state index in [9.17, 15) is 9.18 Å². The third-order valence-electron chi connectivity index (χ3n) is 2.46. The van der Waals surface area contributed by atoms with Gasteiger partial charge in [-0.2, -0.15) is 0 Å². The summed E-state index contributed by atoms with van der Waals surface area (Å²) in [7, 11) is 0. The fourth-order valence-corrected chi connectivity index (χ4v) is 1.73. The van der Waals surface area contributed by atoms with Gasteiger partial charge in [0.15, 0.2) is 5.82 Å². The molecule has 3 N–H and O–H groups in total. The fourth-order valence-electron chi connectivity index (χ4n) is 1.56. The topological polar surface area (TPSA) is 68.0 Å². The molecule has 0 aliphatic rings. The molecule has 1 amide bonds. The molecule has 0 bridgehead atoms. The number of benzene rings is 1. The normalized spacial score (nSPS) is 9.95. The van der Waals surface area contributed by atoms with E-state index < -0.39 is 11.7 Å². The molecular formula is C13H10FN3OS. The Balaban J connectivity index is 2.30. The first-order valence-electron chi connectivity index (χ1n) is 5.39. The van der Waals surface area contributed by atoms with Gasteiger partial charge in [0.1, 0.15) is 4.99 Å². The van der Waals surface area contributed by atoms with Crippen molar-refractivity contribution in [3.05, 3.63) is 59.7 Å². The van der Waals surface area contributed by atoms with E-state index in [1.54, 1.807) is 24.3 Å². The highest BCUT2D eigenvalue weighted by molar-refractivity contribution is 7.80. The first kappa shape index (κ1) is 13.1. The van der Waals surface area contributed by atoms with Crippen molar-refractivity contribution in [1.82, 2.24) is 4.98 Å². The molecule has 1 aromatic heterocycles. The van der Waals surface area contributed by atoms with Crippen LogP contribution >= 0.6 is 12.2 Å². The zero-order valence-corrected chi connectivity index (χ0v) is 10.6. The highest BCUT2D eigenvalue weighted by atomic mass is 32.1. The third-order valence-corrected chi connectivity index (χ3v) is 2.68. The lowest BCUT2D eigenvalue weighted by Crippen LogP contribution is -2.18. The van der Waals surface area contributed by atoms with Gasteiger partial charge in [0.25, 0.3) is 5.91 Å². The highest BCUT2D eigenvalue weighted by Crippen LogP contribution is 2.16. The van der Waals surface area contributed by atoms with Crippen LogP contribution in [-0.2, 0) is 0 Å². The predicted molar refractivity (Wildman–Crippen MR) is 74.5 cm³/mol. The molecule has 4 nitrogen and oxygen atoms in total. The maximum Gasteiger partial charge on any atom is 0.258 e. The zero-order valence-electron chi connectivity index (χ0n) is 9.76. The summed E-state index contributed by atoms with van der Waals surface area (Å²) in [5, 5.41) is 2.57. The lowest BCUT2D eigenvalue weighted by Gasteiger charge is -2.10. The molecule has 19 heavy (non-hydrogen) atoms. The molecule has 0 fully saturated rings. The van der Waals surface area contributed by atoms with Crippen LogP contribution in [0.5, 0.6) is 0 Å². The second-order valence-electron chi connectivity index (χ2n) is 3.72. The maximum atomic E-state index is 13.4. The molecule has 0 saturated heterocycles. The monoisotopic (exact) mass is 275 g/mol. The van der Waals surface area contributed by atoms with Gasteiger partial charge in [0.05, 0.1) is 17.4 Å². The standard InChI is InChI=1S/C13H10FN3OS/c14-10-7-16-6-5-8(10)13(18)17-11-4-2-1-3-9(11)12(15)19/h1-7H,(H2,15,19)(H,17,18). The molecule has 1 aromatic carbocycles. The number of nitrogens with zero attached hydrogens (tertiary/aromatic N) is 1. The predicted octanol–water partition coefficient (Wildman–Crippen LogP) is 2.11. The number of carbonyl (C=O) groups is 1. The summed E-state index contributed by atoms with van der Waals surface area (Å²) in [6.07, 6.45) is 2.33. The number of hydrogen-bond donors (Lipinski definition) is 2. The fraction of sp³-hybridized carbons (Fsp3) is 0. The quantitative estimate of drug-likeness (QED) is 0.842. The van der Waals surface area contributed by atoms with E-state index in [1.165, 1.54) is 12.3 Å². The molecule has 0 unspecified atom stereocenters. The molecule has 0 spiro atoms. The number of anilines is 1. The number of nitrogens with one attached hydrogen (secondary N) is 1. The van der Waals surface area contributed by atoms with Crippen LogP contribution in [-0.4, -0.2) is 15.9 Å². The molecule has 2 rings (SSSR count). The number of amides is 1. The van der Waals surface area contributed by atoms with Crippen LogP contribution in [0.2, 0.25) is 0 Å². The van der Waals surface area contributed by atoms with E-state index in [0.29, 0.717) is 11.3 Å². The zero-order chi connectivity index (χ0) is 13.8. The number of hydrogen-bond acceptors (Lipinski definition) is 3.